The highest BCUT2D eigenvalue weighted by atomic mass is 35.5. The fourth-order valence-corrected chi connectivity index (χ4v) is 2.91. The molecule has 0 amide bonds. The van der Waals surface area contributed by atoms with Gasteiger partial charge in [-0.2, -0.15) is 0 Å². The molecule has 2 aliphatic heterocycles. The minimum atomic E-state index is 0.322. The molecule has 1 aromatic rings. The van der Waals surface area contributed by atoms with Crippen molar-refractivity contribution in [3.63, 3.8) is 0 Å². The Hall–Kier alpha value is -0.670. The quantitative estimate of drug-likeness (QED) is 0.706. The molecule has 0 aliphatic carbocycles. The Kier molecular flexibility index (Phi) is 2.41. The van der Waals surface area contributed by atoms with Crippen molar-refractivity contribution < 1.29 is 4.74 Å². The monoisotopic (exact) mass is 238 g/mol. The summed E-state index contributed by atoms with van der Waals surface area (Å²) in [5.41, 5.74) is 1.97. The van der Waals surface area contributed by atoms with Crippen molar-refractivity contribution >= 4 is 11.6 Å². The third-order valence-electron chi connectivity index (χ3n) is 3.78. The molecule has 2 saturated heterocycles. The highest BCUT2D eigenvalue weighted by Crippen LogP contribution is 2.43. The van der Waals surface area contributed by atoms with E-state index in [0.29, 0.717) is 23.3 Å². The van der Waals surface area contributed by atoms with Gasteiger partial charge in [0, 0.05) is 17.2 Å². The van der Waals surface area contributed by atoms with Crippen LogP contribution in [0.3, 0.4) is 0 Å². The van der Waals surface area contributed by atoms with Gasteiger partial charge in [0.1, 0.15) is 11.0 Å². The first-order valence-electron chi connectivity index (χ1n) is 5.81. The predicted octanol–water partition coefficient (Wildman–Crippen LogP) is 2.78. The van der Waals surface area contributed by atoms with Crippen LogP contribution in [0.1, 0.15) is 42.3 Å². The molecule has 86 valence electrons. The molecule has 3 rings (SSSR count). The van der Waals surface area contributed by atoms with Gasteiger partial charge in [-0.25, -0.2) is 9.97 Å². The molecule has 0 aromatic carbocycles. The molecule has 2 fully saturated rings. The van der Waals surface area contributed by atoms with Gasteiger partial charge < -0.3 is 4.74 Å². The number of hydrogen-bond donors (Lipinski definition) is 0. The van der Waals surface area contributed by atoms with E-state index in [1.807, 2.05) is 13.8 Å². The van der Waals surface area contributed by atoms with Crippen molar-refractivity contribution in [1.29, 1.82) is 0 Å². The summed E-state index contributed by atoms with van der Waals surface area (Å²) >= 11 is 6.11. The Labute approximate surface area is 100 Å². The minimum absolute atomic E-state index is 0.322. The molecule has 2 aliphatic rings. The van der Waals surface area contributed by atoms with Gasteiger partial charge >= 0.3 is 0 Å². The summed E-state index contributed by atoms with van der Waals surface area (Å²) in [6, 6.07) is 0. The second kappa shape index (κ2) is 3.67. The van der Waals surface area contributed by atoms with E-state index in [9.17, 15) is 0 Å². The highest BCUT2D eigenvalue weighted by Gasteiger charge is 2.43. The van der Waals surface area contributed by atoms with Crippen LogP contribution in [-0.2, 0) is 4.74 Å². The van der Waals surface area contributed by atoms with Gasteiger partial charge in [-0.05, 0) is 33.1 Å². The Balaban J connectivity index is 1.95. The standard InChI is InChI=1S/C12H15ClN2O/c1-6-7(2)14-12(15-11(6)13)9-5-8-3-4-10(9)16-8/h8-10H,3-5H2,1-2H3. The summed E-state index contributed by atoms with van der Waals surface area (Å²) in [6.07, 6.45) is 4.15. The number of nitrogens with zero attached hydrogens (tertiary/aromatic N) is 2. The average Bonchev–Trinajstić information content (AvgIpc) is 2.86. The topological polar surface area (TPSA) is 35.0 Å². The van der Waals surface area contributed by atoms with Gasteiger partial charge in [-0.1, -0.05) is 11.6 Å². The number of aromatic nitrogens is 2. The second-order valence-corrected chi connectivity index (χ2v) is 5.16. The first kappa shape index (κ1) is 10.5. The molecular weight excluding hydrogens is 224 g/mol. The smallest absolute Gasteiger partial charge is 0.136 e. The molecule has 0 spiro atoms. The van der Waals surface area contributed by atoms with Gasteiger partial charge in [-0.15, -0.1) is 0 Å². The van der Waals surface area contributed by atoms with Crippen LogP contribution in [0.4, 0.5) is 0 Å². The lowest BCUT2D eigenvalue weighted by Gasteiger charge is -2.18. The molecule has 16 heavy (non-hydrogen) atoms. The molecule has 0 N–H and O–H groups in total. The minimum Gasteiger partial charge on any atom is -0.374 e. The molecule has 3 nitrogen and oxygen atoms in total. The summed E-state index contributed by atoms with van der Waals surface area (Å²) in [5, 5.41) is 0.588. The van der Waals surface area contributed by atoms with Crippen molar-refractivity contribution in [1.82, 2.24) is 9.97 Å². The van der Waals surface area contributed by atoms with Crippen molar-refractivity contribution in [3.8, 4) is 0 Å². The first-order chi connectivity index (χ1) is 7.65. The lowest BCUT2D eigenvalue weighted by Crippen LogP contribution is -2.18. The van der Waals surface area contributed by atoms with E-state index in [1.165, 1.54) is 6.42 Å². The Morgan fingerprint density at radius 3 is 2.62 bits per heavy atom. The molecule has 2 bridgehead atoms. The van der Waals surface area contributed by atoms with Crippen molar-refractivity contribution in [3.05, 3.63) is 22.2 Å². The van der Waals surface area contributed by atoms with Gasteiger partial charge in [-0.3, -0.25) is 0 Å². The summed E-state index contributed by atoms with van der Waals surface area (Å²) in [4.78, 5) is 8.97. The summed E-state index contributed by atoms with van der Waals surface area (Å²) in [7, 11) is 0. The normalized spacial score (nSPS) is 32.3. The molecular formula is C12H15ClN2O. The number of aryl methyl sites for hydroxylation is 1. The molecule has 3 unspecified atom stereocenters. The van der Waals surface area contributed by atoms with E-state index in [2.05, 4.69) is 9.97 Å². The Morgan fingerprint density at radius 1 is 1.25 bits per heavy atom. The maximum atomic E-state index is 6.11. The van der Waals surface area contributed by atoms with Gasteiger partial charge in [0.05, 0.1) is 12.2 Å². The summed E-state index contributed by atoms with van der Waals surface area (Å²) < 4.78 is 5.83. The average molecular weight is 239 g/mol. The summed E-state index contributed by atoms with van der Waals surface area (Å²) in [5.74, 6) is 1.23. The van der Waals surface area contributed by atoms with E-state index in [1.54, 1.807) is 0 Å². The molecule has 0 saturated carbocycles. The fraction of sp³-hybridized carbons (Fsp3) is 0.667. The van der Waals surface area contributed by atoms with Crippen LogP contribution < -0.4 is 0 Å². The third kappa shape index (κ3) is 1.54. The number of rotatable bonds is 1. The van der Waals surface area contributed by atoms with Crippen LogP contribution in [-0.4, -0.2) is 22.2 Å². The lowest BCUT2D eigenvalue weighted by atomic mass is 9.88. The lowest BCUT2D eigenvalue weighted by molar-refractivity contribution is 0.0998. The van der Waals surface area contributed by atoms with Crippen molar-refractivity contribution in [2.24, 2.45) is 0 Å². The number of hydrogen-bond acceptors (Lipinski definition) is 3. The Morgan fingerprint density at radius 2 is 2.06 bits per heavy atom. The largest absolute Gasteiger partial charge is 0.374 e. The molecule has 1 aromatic heterocycles. The van der Waals surface area contributed by atoms with E-state index in [4.69, 9.17) is 16.3 Å². The predicted molar refractivity (Wildman–Crippen MR) is 61.8 cm³/mol. The van der Waals surface area contributed by atoms with Crippen LogP contribution in [0.25, 0.3) is 0 Å². The van der Waals surface area contributed by atoms with E-state index in [0.717, 1.165) is 29.9 Å². The van der Waals surface area contributed by atoms with Gasteiger partial charge in [0.2, 0.25) is 0 Å². The first-order valence-corrected chi connectivity index (χ1v) is 6.19. The van der Waals surface area contributed by atoms with Gasteiger partial charge in [0.15, 0.2) is 0 Å². The van der Waals surface area contributed by atoms with Crippen LogP contribution in [0.15, 0.2) is 0 Å². The van der Waals surface area contributed by atoms with E-state index >= 15 is 0 Å². The van der Waals surface area contributed by atoms with Gasteiger partial charge in [0.25, 0.3) is 0 Å². The molecule has 3 atom stereocenters. The summed E-state index contributed by atoms with van der Waals surface area (Å²) in [6.45, 7) is 3.94. The van der Waals surface area contributed by atoms with E-state index < -0.39 is 0 Å². The van der Waals surface area contributed by atoms with Crippen molar-refractivity contribution in [2.75, 3.05) is 0 Å². The van der Waals surface area contributed by atoms with Crippen LogP contribution >= 0.6 is 11.6 Å². The molecule has 4 heteroatoms. The number of ether oxygens (including phenoxy) is 1. The fourth-order valence-electron chi connectivity index (χ4n) is 2.69. The van der Waals surface area contributed by atoms with Crippen LogP contribution in [0, 0.1) is 13.8 Å². The van der Waals surface area contributed by atoms with Crippen LogP contribution in [0.5, 0.6) is 0 Å². The molecule has 3 heterocycles. The maximum absolute atomic E-state index is 6.11. The second-order valence-electron chi connectivity index (χ2n) is 4.80. The number of halogens is 1. The Bertz CT molecular complexity index is 412. The third-order valence-corrected chi connectivity index (χ3v) is 4.15. The van der Waals surface area contributed by atoms with Crippen molar-refractivity contribution in [2.45, 2.75) is 51.2 Å². The zero-order chi connectivity index (χ0) is 11.3. The highest BCUT2D eigenvalue weighted by molar-refractivity contribution is 6.30. The zero-order valence-corrected chi connectivity index (χ0v) is 10.3. The van der Waals surface area contributed by atoms with E-state index in [-0.39, 0.29) is 0 Å². The SMILES string of the molecule is Cc1nc(C2CC3CCC2O3)nc(Cl)c1C. The maximum Gasteiger partial charge on any atom is 0.136 e. The van der Waals surface area contributed by atoms with Crippen LogP contribution in [0.2, 0.25) is 5.15 Å². The zero-order valence-electron chi connectivity index (χ0n) is 9.53. The number of fused-ring (bicyclic) bond motifs is 2. The molecule has 0 radical (unpaired) electrons.